The highest BCUT2D eigenvalue weighted by atomic mass is 32.2. The Bertz CT molecular complexity index is 856. The van der Waals surface area contributed by atoms with Crippen LogP contribution >= 0.6 is 11.8 Å². The number of rotatable bonds is 6. The van der Waals surface area contributed by atoms with Crippen LogP contribution in [0.1, 0.15) is 18.5 Å². The standard InChI is InChI=1S/C18H19N3O6S/c1-9(22)27-7-11-8-28-17-13(16(24)21(17)14(11)18(25)26)20-15(23)12(19)10-5-3-2-4-6-10/h2-6,12-13,17H,7-8,19H2,1H3,(H,20,23)(H,25,26)/t12?,13-,17-/m1/s1. The lowest BCUT2D eigenvalue weighted by molar-refractivity contribution is -0.151. The third kappa shape index (κ3) is 3.73. The minimum absolute atomic E-state index is 0.198. The van der Waals surface area contributed by atoms with E-state index < -0.39 is 41.2 Å². The molecule has 28 heavy (non-hydrogen) atoms. The second-order valence-corrected chi connectivity index (χ2v) is 7.43. The van der Waals surface area contributed by atoms with Crippen LogP contribution in [0.5, 0.6) is 0 Å². The third-order valence-electron chi connectivity index (χ3n) is 4.44. The second kappa shape index (κ2) is 8.03. The summed E-state index contributed by atoms with van der Waals surface area (Å²) in [5.74, 6) is -2.62. The first kappa shape index (κ1) is 19.9. The van der Waals surface area contributed by atoms with Gasteiger partial charge in [-0.2, -0.15) is 0 Å². The van der Waals surface area contributed by atoms with Crippen molar-refractivity contribution in [3.8, 4) is 0 Å². The minimum Gasteiger partial charge on any atom is -0.477 e. The molecule has 0 spiro atoms. The van der Waals surface area contributed by atoms with Gasteiger partial charge in [0, 0.05) is 18.2 Å². The van der Waals surface area contributed by atoms with Crippen molar-refractivity contribution in [3.63, 3.8) is 0 Å². The highest BCUT2D eigenvalue weighted by molar-refractivity contribution is 8.00. The quantitative estimate of drug-likeness (QED) is 0.444. The van der Waals surface area contributed by atoms with Crippen molar-refractivity contribution >= 4 is 35.5 Å². The van der Waals surface area contributed by atoms with Crippen molar-refractivity contribution in [1.29, 1.82) is 0 Å². The van der Waals surface area contributed by atoms with E-state index in [2.05, 4.69) is 5.32 Å². The molecule has 9 nitrogen and oxygen atoms in total. The van der Waals surface area contributed by atoms with Gasteiger partial charge < -0.3 is 20.9 Å². The number of carbonyl (C=O) groups excluding carboxylic acids is 3. The smallest absolute Gasteiger partial charge is 0.352 e. The summed E-state index contributed by atoms with van der Waals surface area (Å²) in [4.78, 5) is 48.7. The molecule has 0 saturated carbocycles. The Kier molecular flexibility index (Phi) is 5.71. The van der Waals surface area contributed by atoms with Crippen LogP contribution in [-0.4, -0.2) is 57.5 Å². The number of aliphatic carboxylic acids is 1. The van der Waals surface area contributed by atoms with E-state index in [9.17, 15) is 24.3 Å². The molecule has 2 amide bonds. The molecule has 2 aliphatic heterocycles. The first-order valence-corrected chi connectivity index (χ1v) is 9.50. The molecule has 148 valence electrons. The molecule has 0 radical (unpaired) electrons. The summed E-state index contributed by atoms with van der Waals surface area (Å²) in [7, 11) is 0. The number of ether oxygens (including phenoxy) is 1. The van der Waals surface area contributed by atoms with Gasteiger partial charge in [0.15, 0.2) is 0 Å². The van der Waals surface area contributed by atoms with Crippen LogP contribution in [-0.2, 0) is 23.9 Å². The van der Waals surface area contributed by atoms with Crippen LogP contribution in [0.3, 0.4) is 0 Å². The molecule has 1 saturated heterocycles. The summed E-state index contributed by atoms with van der Waals surface area (Å²) in [6.45, 7) is 1.02. The molecule has 0 bridgehead atoms. The van der Waals surface area contributed by atoms with E-state index in [-0.39, 0.29) is 18.1 Å². The van der Waals surface area contributed by atoms with Crippen molar-refractivity contribution in [2.45, 2.75) is 24.4 Å². The van der Waals surface area contributed by atoms with E-state index in [4.69, 9.17) is 10.5 Å². The lowest BCUT2D eigenvalue weighted by Gasteiger charge is -2.49. The number of carboxylic acids is 1. The van der Waals surface area contributed by atoms with E-state index in [1.54, 1.807) is 30.3 Å². The van der Waals surface area contributed by atoms with Crippen LogP contribution in [0.15, 0.2) is 41.6 Å². The molecule has 0 aromatic heterocycles. The second-order valence-electron chi connectivity index (χ2n) is 6.32. The molecule has 1 aromatic carbocycles. The number of hydrogen-bond acceptors (Lipinski definition) is 7. The molecule has 0 aliphatic carbocycles. The molecular formula is C18H19N3O6S. The fourth-order valence-corrected chi connectivity index (χ4v) is 4.37. The molecule has 1 unspecified atom stereocenters. The predicted octanol–water partition coefficient (Wildman–Crippen LogP) is -0.0119. The fourth-order valence-electron chi connectivity index (χ4n) is 3.04. The number of carboxylic acid groups (broad SMARTS) is 1. The number of nitrogens with zero attached hydrogens (tertiary/aromatic N) is 1. The molecule has 1 fully saturated rings. The number of carbonyl (C=O) groups is 4. The fraction of sp³-hybridized carbons (Fsp3) is 0.333. The number of thioether (sulfide) groups is 1. The number of β-lactam (4-membered cyclic amide) rings is 1. The monoisotopic (exact) mass is 405 g/mol. The summed E-state index contributed by atoms with van der Waals surface area (Å²) in [6.07, 6.45) is 0. The van der Waals surface area contributed by atoms with Crippen molar-refractivity contribution in [2.24, 2.45) is 5.73 Å². The van der Waals surface area contributed by atoms with Crippen LogP contribution in [0.2, 0.25) is 0 Å². The average Bonchev–Trinajstić information content (AvgIpc) is 2.69. The van der Waals surface area contributed by atoms with E-state index >= 15 is 0 Å². The van der Waals surface area contributed by atoms with Crippen molar-refractivity contribution in [1.82, 2.24) is 10.2 Å². The molecule has 2 aliphatic rings. The van der Waals surface area contributed by atoms with Gasteiger partial charge in [-0.3, -0.25) is 19.3 Å². The number of fused-ring (bicyclic) bond motifs is 1. The molecule has 10 heteroatoms. The molecular weight excluding hydrogens is 386 g/mol. The maximum atomic E-state index is 12.5. The van der Waals surface area contributed by atoms with E-state index in [0.29, 0.717) is 11.1 Å². The van der Waals surface area contributed by atoms with Gasteiger partial charge >= 0.3 is 11.9 Å². The first-order chi connectivity index (χ1) is 13.3. The van der Waals surface area contributed by atoms with Gasteiger partial charge in [-0.25, -0.2) is 4.79 Å². The minimum atomic E-state index is -1.29. The molecule has 3 atom stereocenters. The molecule has 3 rings (SSSR count). The Morgan fingerprint density at radius 3 is 2.64 bits per heavy atom. The van der Waals surface area contributed by atoms with Crippen LogP contribution in [0.4, 0.5) is 0 Å². The highest BCUT2D eigenvalue weighted by Gasteiger charge is 2.54. The number of esters is 1. The van der Waals surface area contributed by atoms with Gasteiger partial charge in [0.05, 0.1) is 0 Å². The number of nitrogens with one attached hydrogen (secondary N) is 1. The highest BCUT2D eigenvalue weighted by Crippen LogP contribution is 2.40. The lowest BCUT2D eigenvalue weighted by atomic mass is 10.0. The largest absolute Gasteiger partial charge is 0.477 e. The summed E-state index contributed by atoms with van der Waals surface area (Å²) in [6, 6.07) is 6.92. The number of amides is 2. The Labute approximate surface area is 164 Å². The zero-order valence-corrected chi connectivity index (χ0v) is 15.8. The van der Waals surface area contributed by atoms with Gasteiger partial charge in [-0.05, 0) is 5.56 Å². The summed E-state index contributed by atoms with van der Waals surface area (Å²) in [5, 5.41) is 11.6. The maximum Gasteiger partial charge on any atom is 0.352 e. The Morgan fingerprint density at radius 1 is 1.36 bits per heavy atom. The zero-order valence-electron chi connectivity index (χ0n) is 15.0. The third-order valence-corrected chi connectivity index (χ3v) is 5.78. The first-order valence-electron chi connectivity index (χ1n) is 8.45. The number of hydrogen-bond donors (Lipinski definition) is 3. The van der Waals surface area contributed by atoms with E-state index in [1.807, 2.05) is 0 Å². The molecule has 2 heterocycles. The van der Waals surface area contributed by atoms with Crippen molar-refractivity contribution < 1.29 is 29.0 Å². The SMILES string of the molecule is CC(=O)OCC1=C(C(=O)O)N2C(=O)[C@@H](NC(=O)C(N)c3ccccc3)[C@H]2SC1. The molecule has 4 N–H and O–H groups in total. The van der Waals surface area contributed by atoms with Crippen LogP contribution in [0, 0.1) is 0 Å². The van der Waals surface area contributed by atoms with Gasteiger partial charge in [-0.1, -0.05) is 30.3 Å². The van der Waals surface area contributed by atoms with Crippen molar-refractivity contribution in [2.75, 3.05) is 12.4 Å². The summed E-state index contributed by atoms with van der Waals surface area (Å²) < 4.78 is 4.88. The van der Waals surface area contributed by atoms with Gasteiger partial charge in [0.2, 0.25) is 5.91 Å². The van der Waals surface area contributed by atoms with Crippen LogP contribution < -0.4 is 11.1 Å². The number of benzene rings is 1. The number of nitrogens with two attached hydrogens (primary N) is 1. The van der Waals surface area contributed by atoms with Crippen molar-refractivity contribution in [3.05, 3.63) is 47.2 Å². The Hall–Kier alpha value is -2.85. The van der Waals surface area contributed by atoms with E-state index in [1.165, 1.54) is 18.7 Å². The normalized spacial score (nSPS) is 22.1. The Balaban J connectivity index is 1.72. The summed E-state index contributed by atoms with van der Waals surface area (Å²) >= 11 is 1.29. The molecule has 1 aromatic rings. The Morgan fingerprint density at radius 2 is 2.04 bits per heavy atom. The van der Waals surface area contributed by atoms with Gasteiger partial charge in [0.25, 0.3) is 5.91 Å². The maximum absolute atomic E-state index is 12.5. The zero-order chi connectivity index (χ0) is 20.4. The summed E-state index contributed by atoms with van der Waals surface area (Å²) in [5.41, 5.74) is 6.69. The van der Waals surface area contributed by atoms with Crippen LogP contribution in [0.25, 0.3) is 0 Å². The van der Waals surface area contributed by atoms with E-state index in [0.717, 1.165) is 4.90 Å². The lowest BCUT2D eigenvalue weighted by Crippen LogP contribution is -2.71. The van der Waals surface area contributed by atoms with Gasteiger partial charge in [0.1, 0.15) is 29.8 Å². The topological polar surface area (TPSA) is 139 Å². The predicted molar refractivity (Wildman–Crippen MR) is 99.7 cm³/mol. The average molecular weight is 405 g/mol. The van der Waals surface area contributed by atoms with Gasteiger partial charge in [-0.15, -0.1) is 11.8 Å².